The number of hydrogen-bond donors (Lipinski definition) is 1. The summed E-state index contributed by atoms with van der Waals surface area (Å²) in [5, 5.41) is 10.5. The van der Waals surface area contributed by atoms with Gasteiger partial charge in [-0.3, -0.25) is 0 Å². The highest BCUT2D eigenvalue weighted by atomic mass is 32.2. The molecule has 9 heteroatoms. The number of nitrogens with zero attached hydrogens (tertiary/aromatic N) is 3. The van der Waals surface area contributed by atoms with Crippen molar-refractivity contribution < 1.29 is 13.3 Å². The summed E-state index contributed by atoms with van der Waals surface area (Å²) >= 11 is 0. The molecule has 2 N–H and O–H groups in total. The van der Waals surface area contributed by atoms with Crippen LogP contribution in [0.25, 0.3) is 0 Å². The summed E-state index contributed by atoms with van der Waals surface area (Å²) in [5.41, 5.74) is 5.90. The molecule has 0 aromatic carbocycles. The first-order valence-electron chi connectivity index (χ1n) is 6.31. The van der Waals surface area contributed by atoms with E-state index in [2.05, 4.69) is 4.98 Å². The van der Waals surface area contributed by atoms with Crippen LogP contribution in [0.4, 0.5) is 5.82 Å². The van der Waals surface area contributed by atoms with Gasteiger partial charge < -0.3 is 15.8 Å². The molecule has 0 radical (unpaired) electrons. The van der Waals surface area contributed by atoms with Crippen LogP contribution in [0.15, 0.2) is 23.2 Å². The van der Waals surface area contributed by atoms with Crippen molar-refractivity contribution >= 4 is 15.8 Å². The molecule has 1 unspecified atom stereocenters. The van der Waals surface area contributed by atoms with Crippen molar-refractivity contribution in [1.82, 2.24) is 9.29 Å². The van der Waals surface area contributed by atoms with Crippen LogP contribution in [-0.2, 0) is 10.0 Å². The van der Waals surface area contributed by atoms with Crippen molar-refractivity contribution in [3.05, 3.63) is 28.4 Å². The molecule has 110 valence electrons. The zero-order valence-corrected chi connectivity index (χ0v) is 11.6. The van der Waals surface area contributed by atoms with E-state index in [0.29, 0.717) is 13.0 Å². The van der Waals surface area contributed by atoms with Crippen molar-refractivity contribution in [2.75, 3.05) is 6.54 Å². The van der Waals surface area contributed by atoms with Gasteiger partial charge in [0.25, 0.3) is 0 Å². The molecule has 1 aromatic rings. The predicted octanol–water partition coefficient (Wildman–Crippen LogP) is 0.839. The number of hydrogen-bond acceptors (Lipinski definition) is 6. The number of nitro groups is 1. The van der Waals surface area contributed by atoms with Crippen LogP contribution in [0.2, 0.25) is 0 Å². The van der Waals surface area contributed by atoms with Crippen LogP contribution in [0.3, 0.4) is 0 Å². The molecular weight excluding hydrogens is 284 g/mol. The zero-order chi connectivity index (χ0) is 14.8. The summed E-state index contributed by atoms with van der Waals surface area (Å²) in [6.07, 6.45) is 3.65. The van der Waals surface area contributed by atoms with E-state index in [4.69, 9.17) is 5.73 Å². The fraction of sp³-hybridized carbons (Fsp3) is 0.545. The Morgan fingerprint density at radius 3 is 2.70 bits per heavy atom. The maximum absolute atomic E-state index is 12.5. The molecule has 1 atom stereocenters. The first kappa shape index (κ1) is 14.8. The number of aromatic nitrogens is 1. The van der Waals surface area contributed by atoms with Crippen LogP contribution in [0.1, 0.15) is 25.7 Å². The topological polar surface area (TPSA) is 119 Å². The smallest absolute Gasteiger partial charge is 0.358 e. The van der Waals surface area contributed by atoms with E-state index in [1.165, 1.54) is 10.4 Å². The van der Waals surface area contributed by atoms with Gasteiger partial charge in [0.1, 0.15) is 4.90 Å². The van der Waals surface area contributed by atoms with Crippen molar-refractivity contribution in [3.8, 4) is 0 Å². The molecule has 1 aromatic heterocycles. The molecule has 1 aliphatic rings. The fourth-order valence-corrected chi connectivity index (χ4v) is 3.70. The molecule has 2 rings (SSSR count). The van der Waals surface area contributed by atoms with E-state index in [1.54, 1.807) is 0 Å². The fourth-order valence-electron chi connectivity index (χ4n) is 2.17. The lowest BCUT2D eigenvalue weighted by molar-refractivity contribution is -0.389. The maximum atomic E-state index is 12.5. The Labute approximate surface area is 116 Å². The normalized spacial score (nSPS) is 21.4. The Balaban J connectivity index is 2.31. The van der Waals surface area contributed by atoms with Gasteiger partial charge in [-0.25, -0.2) is 8.42 Å². The predicted molar refractivity (Wildman–Crippen MR) is 71.2 cm³/mol. The van der Waals surface area contributed by atoms with E-state index in [9.17, 15) is 18.5 Å². The highest BCUT2D eigenvalue weighted by molar-refractivity contribution is 7.89. The van der Waals surface area contributed by atoms with Crippen LogP contribution in [0.5, 0.6) is 0 Å². The molecular formula is C11H16N4O4S. The van der Waals surface area contributed by atoms with Gasteiger partial charge in [-0.1, -0.05) is 12.8 Å². The summed E-state index contributed by atoms with van der Waals surface area (Å²) in [4.78, 5) is 13.3. The Morgan fingerprint density at radius 2 is 2.10 bits per heavy atom. The lowest BCUT2D eigenvalue weighted by atomic mass is 10.2. The summed E-state index contributed by atoms with van der Waals surface area (Å²) < 4.78 is 26.2. The minimum Gasteiger partial charge on any atom is -0.358 e. The molecule has 0 spiro atoms. The highest BCUT2D eigenvalue weighted by Crippen LogP contribution is 2.23. The second-order valence-electron chi connectivity index (χ2n) is 4.64. The molecule has 1 fully saturated rings. The van der Waals surface area contributed by atoms with Crippen molar-refractivity contribution in [2.45, 2.75) is 36.7 Å². The lowest BCUT2D eigenvalue weighted by Gasteiger charge is -2.25. The molecule has 1 aliphatic heterocycles. The Hall–Kier alpha value is -1.58. The van der Waals surface area contributed by atoms with Gasteiger partial charge in [0.15, 0.2) is 6.20 Å². The number of sulfonamides is 1. The van der Waals surface area contributed by atoms with Crippen molar-refractivity contribution in [2.24, 2.45) is 5.73 Å². The monoisotopic (exact) mass is 300 g/mol. The second kappa shape index (κ2) is 5.81. The van der Waals surface area contributed by atoms with Gasteiger partial charge in [0.2, 0.25) is 10.0 Å². The molecule has 8 nitrogen and oxygen atoms in total. The molecule has 0 amide bonds. The van der Waals surface area contributed by atoms with E-state index in [1.807, 2.05) is 0 Å². The lowest BCUT2D eigenvalue weighted by Crippen LogP contribution is -2.45. The van der Waals surface area contributed by atoms with Crippen molar-refractivity contribution in [1.29, 1.82) is 0 Å². The Morgan fingerprint density at radius 1 is 1.35 bits per heavy atom. The maximum Gasteiger partial charge on any atom is 0.363 e. The van der Waals surface area contributed by atoms with Gasteiger partial charge in [-0.2, -0.15) is 4.31 Å². The van der Waals surface area contributed by atoms with Gasteiger partial charge in [-0.05, 0) is 28.8 Å². The molecule has 1 saturated heterocycles. The number of nitrogens with two attached hydrogens (primary N) is 1. The minimum atomic E-state index is -3.75. The highest BCUT2D eigenvalue weighted by Gasteiger charge is 2.31. The largest absolute Gasteiger partial charge is 0.363 e. The van der Waals surface area contributed by atoms with Crippen LogP contribution >= 0.6 is 0 Å². The Bertz CT molecular complexity index is 587. The first-order valence-corrected chi connectivity index (χ1v) is 7.75. The van der Waals surface area contributed by atoms with E-state index < -0.39 is 21.1 Å². The van der Waals surface area contributed by atoms with Gasteiger partial charge in [-0.15, -0.1) is 0 Å². The summed E-state index contributed by atoms with van der Waals surface area (Å²) in [6, 6.07) is 2.27. The summed E-state index contributed by atoms with van der Waals surface area (Å²) in [7, 11) is -3.75. The average molecular weight is 300 g/mol. The van der Waals surface area contributed by atoms with Gasteiger partial charge >= 0.3 is 5.82 Å². The molecule has 0 saturated carbocycles. The average Bonchev–Trinajstić information content (AvgIpc) is 2.64. The number of pyridine rings is 1. The molecule has 2 heterocycles. The van der Waals surface area contributed by atoms with Crippen LogP contribution in [-0.4, -0.2) is 35.3 Å². The van der Waals surface area contributed by atoms with E-state index in [0.717, 1.165) is 31.5 Å². The summed E-state index contributed by atoms with van der Waals surface area (Å²) in [6.45, 7) is 0.362. The third-order valence-corrected chi connectivity index (χ3v) is 5.17. The van der Waals surface area contributed by atoms with Crippen molar-refractivity contribution in [3.63, 3.8) is 0 Å². The molecule has 0 aliphatic carbocycles. The van der Waals surface area contributed by atoms with Gasteiger partial charge in [0.05, 0.1) is 6.17 Å². The summed E-state index contributed by atoms with van der Waals surface area (Å²) in [5.74, 6) is -0.385. The number of rotatable bonds is 3. The zero-order valence-electron chi connectivity index (χ0n) is 10.8. The quantitative estimate of drug-likeness (QED) is 0.652. The Kier molecular flexibility index (Phi) is 4.31. The van der Waals surface area contributed by atoms with Crippen LogP contribution < -0.4 is 5.73 Å². The van der Waals surface area contributed by atoms with E-state index in [-0.39, 0.29) is 10.7 Å². The van der Waals surface area contributed by atoms with Crippen LogP contribution in [0, 0.1) is 10.1 Å². The van der Waals surface area contributed by atoms with Gasteiger partial charge in [0, 0.05) is 12.6 Å². The minimum absolute atomic E-state index is 0.0690. The molecule has 0 bridgehead atoms. The standard InChI is InChI=1S/C11H16N4O4S/c12-10-4-2-1-3-7-14(10)20(18,19)9-5-6-11(13-8-9)15(16)17/h5-6,8,10H,1-4,7,12H2. The third kappa shape index (κ3) is 2.94. The third-order valence-electron chi connectivity index (χ3n) is 3.26. The van der Waals surface area contributed by atoms with E-state index >= 15 is 0 Å². The second-order valence-corrected chi connectivity index (χ2v) is 6.53. The molecule has 20 heavy (non-hydrogen) atoms. The first-order chi connectivity index (χ1) is 9.43. The SMILES string of the molecule is NC1CCCCCN1S(=O)(=O)c1ccc([N+](=O)[O-])nc1.